The van der Waals surface area contributed by atoms with E-state index in [4.69, 9.17) is 17.4 Å². The Bertz CT molecular complexity index is 450. The largest absolute Gasteiger partial charge is 0.741 e. The number of hydrogen-bond donors (Lipinski definition) is 1. The van der Waals surface area contributed by atoms with Crippen molar-refractivity contribution in [3.8, 4) is 11.5 Å². The first-order valence-corrected chi connectivity index (χ1v) is 5.28. The van der Waals surface area contributed by atoms with Gasteiger partial charge in [0, 0.05) is 41.9 Å². The molecule has 0 bridgehead atoms. The Morgan fingerprint density at radius 2 is 2.11 bits per heavy atom. The topological polar surface area (TPSA) is 57.4 Å². The van der Waals surface area contributed by atoms with Crippen molar-refractivity contribution in [1.82, 2.24) is 4.90 Å². The summed E-state index contributed by atoms with van der Waals surface area (Å²) in [5, 5.41) is 17.7. The van der Waals surface area contributed by atoms with Gasteiger partial charge in [-0.1, -0.05) is 6.07 Å². The summed E-state index contributed by atoms with van der Waals surface area (Å²) in [6.45, 7) is 0. The normalized spacial score (nSPS) is 11.2. The molecule has 1 aromatic rings. The number of ether oxygens (including phenoxy) is 1. The number of rotatable bonds is 3. The Hall–Kier alpha value is -1.30. The van der Waals surface area contributed by atoms with Crippen molar-refractivity contribution >= 4 is 24.0 Å². The summed E-state index contributed by atoms with van der Waals surface area (Å²) in [4.78, 5) is 1.66. The molecule has 103 valence electrons. The van der Waals surface area contributed by atoms with E-state index >= 15 is 0 Å². The van der Waals surface area contributed by atoms with Crippen LogP contribution >= 0.6 is 0 Å². The maximum absolute atomic E-state index is 9.76. The van der Waals surface area contributed by atoms with Gasteiger partial charge in [-0.2, -0.15) is 10.2 Å². The first-order valence-electron chi connectivity index (χ1n) is 4.87. The van der Waals surface area contributed by atoms with Crippen LogP contribution in [-0.2, 0) is 29.7 Å². The number of aromatic hydroxyl groups is 1. The predicted octanol–water partition coefficient (Wildman–Crippen LogP) is 1.20. The molecule has 0 heterocycles. The van der Waals surface area contributed by atoms with Crippen LogP contribution < -0.4 is 4.74 Å². The van der Waals surface area contributed by atoms with Crippen LogP contribution in [0.15, 0.2) is 28.4 Å². The number of hydrogen-bond acceptors (Lipinski definition) is 5. The van der Waals surface area contributed by atoms with Gasteiger partial charge in [-0.15, -0.1) is 0 Å². The van der Waals surface area contributed by atoms with E-state index in [1.807, 2.05) is 0 Å². The zero-order valence-corrected chi connectivity index (χ0v) is 12.0. The van der Waals surface area contributed by atoms with Crippen LogP contribution in [0.2, 0.25) is 0 Å². The van der Waals surface area contributed by atoms with E-state index in [9.17, 15) is 5.11 Å². The van der Waals surface area contributed by atoms with Gasteiger partial charge in [0.1, 0.15) is 0 Å². The molecule has 0 unspecified atom stereocenters. The third kappa shape index (κ3) is 4.52. The Morgan fingerprint density at radius 1 is 1.44 bits per heavy atom. The fourth-order valence-electron chi connectivity index (χ4n) is 1.04. The van der Waals surface area contributed by atoms with Crippen molar-refractivity contribution in [2.24, 2.45) is 10.2 Å². The molecular formula is C11H14CuN3O2S-. The standard InChI is InChI=1S/C11H15N3O2S.Cu/c1-14(2)11(17)13-12-7-8-5-4-6-9(16-3)10(8)15;/h4-7,15H,1-3H3,(H,13,17);/p-1/b12-7+;. The maximum Gasteiger partial charge on any atom is 0.166 e. The molecule has 0 spiro atoms. The van der Waals surface area contributed by atoms with E-state index < -0.39 is 0 Å². The third-order valence-electron chi connectivity index (χ3n) is 1.97. The second-order valence-electron chi connectivity index (χ2n) is 3.42. The zero-order chi connectivity index (χ0) is 12.8. The fourth-order valence-corrected chi connectivity index (χ4v) is 1.09. The van der Waals surface area contributed by atoms with Crippen LogP contribution in [0, 0.1) is 0 Å². The minimum atomic E-state index is 0. The summed E-state index contributed by atoms with van der Waals surface area (Å²) in [6.07, 6.45) is 1.42. The smallest absolute Gasteiger partial charge is 0.166 e. The number of methoxy groups -OCH3 is 1. The third-order valence-corrected chi connectivity index (χ3v) is 2.42. The Kier molecular flexibility index (Phi) is 7.35. The minimum Gasteiger partial charge on any atom is -0.741 e. The van der Waals surface area contributed by atoms with Gasteiger partial charge in [-0.25, -0.2) is 0 Å². The van der Waals surface area contributed by atoms with Crippen LogP contribution in [0.25, 0.3) is 0 Å². The first-order chi connectivity index (χ1) is 8.06. The van der Waals surface area contributed by atoms with Gasteiger partial charge in [0.05, 0.1) is 13.3 Å². The molecule has 0 saturated carbocycles. The van der Waals surface area contributed by atoms with E-state index in [0.717, 1.165) is 0 Å². The van der Waals surface area contributed by atoms with Crippen molar-refractivity contribution in [3.05, 3.63) is 23.8 Å². The van der Waals surface area contributed by atoms with E-state index in [0.29, 0.717) is 16.5 Å². The molecule has 1 aromatic carbocycles. The molecule has 5 nitrogen and oxygen atoms in total. The molecule has 0 aliphatic carbocycles. The number of phenols is 1. The zero-order valence-electron chi connectivity index (χ0n) is 10.2. The Labute approximate surface area is 122 Å². The molecule has 0 atom stereocenters. The van der Waals surface area contributed by atoms with Crippen LogP contribution in [0.3, 0.4) is 0 Å². The van der Waals surface area contributed by atoms with Crippen LogP contribution in [0.1, 0.15) is 5.56 Å². The average molecular weight is 316 g/mol. The van der Waals surface area contributed by atoms with Gasteiger partial charge < -0.3 is 27.4 Å². The van der Waals surface area contributed by atoms with E-state index in [1.54, 1.807) is 37.2 Å². The molecule has 0 amide bonds. The van der Waals surface area contributed by atoms with Crippen molar-refractivity contribution in [3.63, 3.8) is 0 Å². The quantitative estimate of drug-likeness (QED) is 0.299. The number of nitrogens with zero attached hydrogens (tertiary/aromatic N) is 3. The van der Waals surface area contributed by atoms with Crippen LogP contribution in [0.4, 0.5) is 0 Å². The van der Waals surface area contributed by atoms with Crippen LogP contribution in [0.5, 0.6) is 11.5 Å². The Morgan fingerprint density at radius 3 is 2.67 bits per heavy atom. The molecule has 0 aliphatic heterocycles. The molecule has 0 aromatic heterocycles. The van der Waals surface area contributed by atoms with Crippen molar-refractivity contribution < 1.29 is 26.9 Å². The SMILES string of the molecule is COc1cccc(/C=N/N=C(\[S-])N(C)C)c1O.[Cu]. The molecular weight excluding hydrogens is 302 g/mol. The molecule has 1 rings (SSSR count). The molecule has 0 fully saturated rings. The number of phenolic OH excluding ortho intramolecular Hbond substituents is 1. The fraction of sp³-hybridized carbons (Fsp3) is 0.273. The predicted molar refractivity (Wildman–Crippen MR) is 70.7 cm³/mol. The second-order valence-corrected chi connectivity index (χ2v) is 3.78. The summed E-state index contributed by atoms with van der Waals surface area (Å²) in [5.41, 5.74) is 0.523. The van der Waals surface area contributed by atoms with Gasteiger partial charge in [-0.3, -0.25) is 0 Å². The van der Waals surface area contributed by atoms with Gasteiger partial charge in [0.2, 0.25) is 0 Å². The first kappa shape index (κ1) is 16.7. The summed E-state index contributed by atoms with van der Waals surface area (Å²) in [6, 6.07) is 5.12. The van der Waals surface area contributed by atoms with E-state index in [-0.39, 0.29) is 22.8 Å². The van der Waals surface area contributed by atoms with E-state index in [2.05, 4.69) is 10.2 Å². The minimum absolute atomic E-state index is 0. The maximum atomic E-state index is 9.76. The van der Waals surface area contributed by atoms with Gasteiger partial charge in [0.15, 0.2) is 11.5 Å². The number of amidine groups is 1. The number of benzene rings is 1. The van der Waals surface area contributed by atoms with Crippen molar-refractivity contribution in [1.29, 1.82) is 0 Å². The number of para-hydroxylation sites is 1. The summed E-state index contributed by atoms with van der Waals surface area (Å²) >= 11 is 4.93. The molecule has 0 saturated heterocycles. The van der Waals surface area contributed by atoms with Gasteiger partial charge >= 0.3 is 0 Å². The monoisotopic (exact) mass is 315 g/mol. The molecule has 1 N–H and O–H groups in total. The summed E-state index contributed by atoms with van der Waals surface area (Å²) in [5.74, 6) is 0.425. The second kappa shape index (κ2) is 7.92. The summed E-state index contributed by atoms with van der Waals surface area (Å²) < 4.78 is 4.97. The Balaban J connectivity index is 0.00000289. The van der Waals surface area contributed by atoms with Gasteiger partial charge in [-0.05, 0) is 12.1 Å². The van der Waals surface area contributed by atoms with Gasteiger partial charge in [0.25, 0.3) is 0 Å². The molecule has 0 aliphatic rings. The van der Waals surface area contributed by atoms with Crippen LogP contribution in [-0.4, -0.2) is 42.6 Å². The molecule has 1 radical (unpaired) electrons. The summed E-state index contributed by atoms with van der Waals surface area (Å²) in [7, 11) is 5.05. The van der Waals surface area contributed by atoms with Crippen molar-refractivity contribution in [2.75, 3.05) is 21.2 Å². The molecule has 18 heavy (non-hydrogen) atoms. The van der Waals surface area contributed by atoms with Crippen molar-refractivity contribution in [2.45, 2.75) is 0 Å². The average Bonchev–Trinajstić information content (AvgIpc) is 2.31. The molecule has 7 heteroatoms. The van der Waals surface area contributed by atoms with E-state index in [1.165, 1.54) is 13.3 Å².